The number of aliphatic hydroxyl groups is 1. The molecule has 0 fully saturated rings. The SMILES string of the molecule is Cc1ccc2cccc(OC[C@@H](O)Cn3cc([N+](=O)[O-])cn3)c2n1. The molecule has 0 saturated heterocycles. The number of pyridine rings is 1. The summed E-state index contributed by atoms with van der Waals surface area (Å²) < 4.78 is 6.99. The monoisotopic (exact) mass is 328 g/mol. The van der Waals surface area contributed by atoms with Crippen molar-refractivity contribution in [1.82, 2.24) is 14.8 Å². The Labute approximate surface area is 137 Å². The van der Waals surface area contributed by atoms with Crippen molar-refractivity contribution >= 4 is 16.6 Å². The number of hydrogen-bond donors (Lipinski definition) is 1. The normalized spacial score (nSPS) is 12.2. The van der Waals surface area contributed by atoms with Crippen LogP contribution in [0.25, 0.3) is 10.9 Å². The Morgan fingerprint density at radius 3 is 2.96 bits per heavy atom. The molecule has 1 atom stereocenters. The Bertz CT molecular complexity index is 877. The van der Waals surface area contributed by atoms with E-state index in [2.05, 4.69) is 10.1 Å². The van der Waals surface area contributed by atoms with Gasteiger partial charge in [0.2, 0.25) is 0 Å². The summed E-state index contributed by atoms with van der Waals surface area (Å²) in [6.07, 6.45) is 1.56. The van der Waals surface area contributed by atoms with Gasteiger partial charge >= 0.3 is 5.69 Å². The number of aliphatic hydroxyl groups excluding tert-OH is 1. The zero-order valence-electron chi connectivity index (χ0n) is 13.0. The van der Waals surface area contributed by atoms with Gasteiger partial charge in [-0.15, -0.1) is 0 Å². The van der Waals surface area contributed by atoms with Gasteiger partial charge in [0, 0.05) is 11.1 Å². The van der Waals surface area contributed by atoms with Crippen molar-refractivity contribution in [3.63, 3.8) is 0 Å². The summed E-state index contributed by atoms with van der Waals surface area (Å²) in [4.78, 5) is 14.6. The predicted octanol–water partition coefficient (Wildman–Crippen LogP) is 2.09. The van der Waals surface area contributed by atoms with Crippen LogP contribution in [0.15, 0.2) is 42.7 Å². The number of ether oxygens (including phenoxy) is 1. The van der Waals surface area contributed by atoms with Gasteiger partial charge < -0.3 is 9.84 Å². The zero-order valence-corrected chi connectivity index (χ0v) is 13.0. The molecular formula is C16H16N4O4. The van der Waals surface area contributed by atoms with Crippen LogP contribution in [0.4, 0.5) is 5.69 Å². The minimum Gasteiger partial charge on any atom is -0.489 e. The lowest BCUT2D eigenvalue weighted by molar-refractivity contribution is -0.385. The van der Waals surface area contributed by atoms with E-state index in [9.17, 15) is 15.2 Å². The first kappa shape index (κ1) is 15.9. The number of rotatable bonds is 6. The van der Waals surface area contributed by atoms with E-state index in [0.29, 0.717) is 5.75 Å². The third-order valence-electron chi connectivity index (χ3n) is 3.48. The van der Waals surface area contributed by atoms with Gasteiger partial charge in [0.15, 0.2) is 0 Å². The van der Waals surface area contributed by atoms with Crippen molar-refractivity contribution in [1.29, 1.82) is 0 Å². The fraction of sp³-hybridized carbons (Fsp3) is 0.250. The van der Waals surface area contributed by atoms with Gasteiger partial charge in [-0.25, -0.2) is 4.98 Å². The summed E-state index contributed by atoms with van der Waals surface area (Å²) >= 11 is 0. The molecule has 2 aromatic heterocycles. The molecular weight excluding hydrogens is 312 g/mol. The van der Waals surface area contributed by atoms with Crippen LogP contribution >= 0.6 is 0 Å². The number of para-hydroxylation sites is 1. The fourth-order valence-electron chi connectivity index (χ4n) is 2.34. The lowest BCUT2D eigenvalue weighted by Crippen LogP contribution is -2.23. The Balaban J connectivity index is 1.66. The summed E-state index contributed by atoms with van der Waals surface area (Å²) in [5.41, 5.74) is 1.50. The second-order valence-corrected chi connectivity index (χ2v) is 5.42. The number of fused-ring (bicyclic) bond motifs is 1. The molecule has 8 nitrogen and oxygen atoms in total. The molecule has 24 heavy (non-hydrogen) atoms. The Kier molecular flexibility index (Phi) is 4.39. The van der Waals surface area contributed by atoms with Crippen LogP contribution in [-0.2, 0) is 6.54 Å². The molecule has 1 aromatic carbocycles. The Morgan fingerprint density at radius 2 is 2.21 bits per heavy atom. The van der Waals surface area contributed by atoms with Crippen LogP contribution in [0.2, 0.25) is 0 Å². The van der Waals surface area contributed by atoms with Crippen molar-refractivity contribution in [3.05, 3.63) is 58.5 Å². The van der Waals surface area contributed by atoms with Gasteiger partial charge in [0.1, 0.15) is 36.4 Å². The average Bonchev–Trinajstić information content (AvgIpc) is 3.01. The summed E-state index contributed by atoms with van der Waals surface area (Å²) in [7, 11) is 0. The van der Waals surface area contributed by atoms with E-state index in [1.165, 1.54) is 10.9 Å². The highest BCUT2D eigenvalue weighted by molar-refractivity contribution is 5.84. The van der Waals surface area contributed by atoms with Gasteiger partial charge in [-0.3, -0.25) is 14.8 Å². The summed E-state index contributed by atoms with van der Waals surface area (Å²) in [6, 6.07) is 9.47. The van der Waals surface area contributed by atoms with E-state index >= 15 is 0 Å². The standard InChI is InChI=1S/C16H16N4O4/c1-11-5-6-12-3-2-4-15(16(12)18-11)24-10-14(21)9-19-8-13(7-17-19)20(22)23/h2-8,14,21H,9-10H2,1H3/t14-/m0/s1. The molecule has 124 valence electrons. The summed E-state index contributed by atoms with van der Waals surface area (Å²) in [5.74, 6) is 0.585. The number of aromatic nitrogens is 3. The topological polar surface area (TPSA) is 103 Å². The van der Waals surface area contributed by atoms with Gasteiger partial charge in [-0.2, -0.15) is 5.10 Å². The molecule has 0 bridgehead atoms. The largest absolute Gasteiger partial charge is 0.489 e. The van der Waals surface area contributed by atoms with E-state index in [0.717, 1.165) is 22.8 Å². The summed E-state index contributed by atoms with van der Waals surface area (Å²) in [6.45, 7) is 2.03. The van der Waals surface area contributed by atoms with Gasteiger partial charge in [-0.1, -0.05) is 18.2 Å². The number of nitro groups is 1. The molecule has 0 aliphatic heterocycles. The molecule has 3 aromatic rings. The molecule has 3 rings (SSSR count). The quantitative estimate of drug-likeness (QED) is 0.549. The molecule has 0 aliphatic rings. The first-order valence-corrected chi connectivity index (χ1v) is 7.37. The minimum atomic E-state index is -0.857. The number of nitrogens with zero attached hydrogens (tertiary/aromatic N) is 4. The van der Waals surface area contributed by atoms with Gasteiger partial charge in [0.05, 0.1) is 11.5 Å². The number of aryl methyl sites for hydroxylation is 1. The van der Waals surface area contributed by atoms with Crippen molar-refractivity contribution in [3.8, 4) is 5.75 Å². The first-order valence-electron chi connectivity index (χ1n) is 7.37. The number of benzene rings is 1. The molecule has 8 heteroatoms. The van der Waals surface area contributed by atoms with Crippen molar-refractivity contribution in [2.75, 3.05) is 6.61 Å². The summed E-state index contributed by atoms with van der Waals surface area (Å²) in [5, 5.41) is 25.5. The highest BCUT2D eigenvalue weighted by atomic mass is 16.6. The molecule has 0 unspecified atom stereocenters. The molecule has 0 aliphatic carbocycles. The minimum absolute atomic E-state index is 0.0302. The Morgan fingerprint density at radius 1 is 1.38 bits per heavy atom. The highest BCUT2D eigenvalue weighted by Gasteiger charge is 2.13. The average molecular weight is 328 g/mol. The molecule has 2 heterocycles. The van der Waals surface area contributed by atoms with E-state index in [4.69, 9.17) is 4.74 Å². The first-order chi connectivity index (χ1) is 11.5. The highest BCUT2D eigenvalue weighted by Crippen LogP contribution is 2.24. The van der Waals surface area contributed by atoms with Gasteiger partial charge in [0.25, 0.3) is 0 Å². The zero-order chi connectivity index (χ0) is 17.1. The predicted molar refractivity (Wildman–Crippen MR) is 86.9 cm³/mol. The van der Waals surface area contributed by atoms with Crippen molar-refractivity contribution in [2.45, 2.75) is 19.6 Å². The van der Waals surface area contributed by atoms with Crippen LogP contribution in [0.1, 0.15) is 5.69 Å². The smallest absolute Gasteiger partial charge is 0.306 e. The van der Waals surface area contributed by atoms with E-state index < -0.39 is 11.0 Å². The van der Waals surface area contributed by atoms with Crippen LogP contribution in [0, 0.1) is 17.0 Å². The van der Waals surface area contributed by atoms with Crippen molar-refractivity contribution < 1.29 is 14.8 Å². The van der Waals surface area contributed by atoms with Crippen LogP contribution in [0.3, 0.4) is 0 Å². The molecule has 0 radical (unpaired) electrons. The Hall–Kier alpha value is -3.00. The maximum Gasteiger partial charge on any atom is 0.306 e. The molecule has 1 N–H and O–H groups in total. The maximum absolute atomic E-state index is 10.6. The molecule has 0 saturated carbocycles. The molecule has 0 spiro atoms. The lowest BCUT2D eigenvalue weighted by atomic mass is 10.2. The third-order valence-corrected chi connectivity index (χ3v) is 3.48. The second kappa shape index (κ2) is 6.63. The van der Waals surface area contributed by atoms with E-state index in [1.54, 1.807) is 6.07 Å². The third kappa shape index (κ3) is 3.49. The van der Waals surface area contributed by atoms with Crippen molar-refractivity contribution in [2.24, 2.45) is 0 Å². The second-order valence-electron chi connectivity index (χ2n) is 5.42. The van der Waals surface area contributed by atoms with Crippen LogP contribution < -0.4 is 4.74 Å². The van der Waals surface area contributed by atoms with Crippen LogP contribution in [-0.4, -0.2) is 37.5 Å². The lowest BCUT2D eigenvalue weighted by Gasteiger charge is -2.13. The van der Waals surface area contributed by atoms with Gasteiger partial charge in [-0.05, 0) is 19.1 Å². The molecule has 0 amide bonds. The number of hydrogen-bond acceptors (Lipinski definition) is 6. The van der Waals surface area contributed by atoms with E-state index in [-0.39, 0.29) is 18.8 Å². The van der Waals surface area contributed by atoms with Crippen LogP contribution in [0.5, 0.6) is 5.75 Å². The van der Waals surface area contributed by atoms with E-state index in [1.807, 2.05) is 31.2 Å². The fourth-order valence-corrected chi connectivity index (χ4v) is 2.34. The maximum atomic E-state index is 10.6.